The number of benzene rings is 1. The van der Waals surface area contributed by atoms with E-state index in [0.717, 1.165) is 6.07 Å². The molecule has 12 heteroatoms. The maximum atomic E-state index is 13.4. The van der Waals surface area contributed by atoms with E-state index in [9.17, 15) is 31.7 Å². The lowest BCUT2D eigenvalue weighted by Gasteiger charge is -2.13. The van der Waals surface area contributed by atoms with Crippen molar-refractivity contribution in [2.75, 3.05) is 11.9 Å². The van der Waals surface area contributed by atoms with Gasteiger partial charge in [-0.15, -0.1) is 0 Å². The number of nitrogens with two attached hydrogens (primary N) is 1. The highest BCUT2D eigenvalue weighted by atomic mass is 32.2. The molecule has 1 amide bonds. The number of aryl methyl sites for hydroxylation is 1. The van der Waals surface area contributed by atoms with Gasteiger partial charge in [0.05, 0.1) is 18.3 Å². The van der Waals surface area contributed by atoms with Gasteiger partial charge in [-0.2, -0.15) is 13.2 Å². The molecule has 0 bridgehead atoms. The molecular formula is C17H19F4N3O4S. The van der Waals surface area contributed by atoms with Gasteiger partial charge in [0.1, 0.15) is 21.7 Å². The van der Waals surface area contributed by atoms with Gasteiger partial charge in [-0.05, 0) is 25.1 Å². The van der Waals surface area contributed by atoms with Crippen LogP contribution in [0.25, 0.3) is 0 Å². The van der Waals surface area contributed by atoms with Crippen molar-refractivity contribution in [3.63, 3.8) is 0 Å². The summed E-state index contributed by atoms with van der Waals surface area (Å²) < 4.78 is 70.5. The molecule has 1 heterocycles. The van der Waals surface area contributed by atoms with Crippen molar-refractivity contribution < 1.29 is 36.4 Å². The lowest BCUT2D eigenvalue weighted by Crippen LogP contribution is -2.18. The first kappa shape index (κ1) is 22.8. The topological polar surface area (TPSA) is 107 Å². The molecule has 0 fully saturated rings. The Kier molecular flexibility index (Phi) is 7.03. The Bertz CT molecular complexity index is 928. The second-order valence-corrected chi connectivity index (χ2v) is 7.25. The summed E-state index contributed by atoms with van der Waals surface area (Å²) in [7, 11) is -0.583. The van der Waals surface area contributed by atoms with Crippen LogP contribution in [-0.4, -0.2) is 32.5 Å². The highest BCUT2D eigenvalue weighted by Gasteiger charge is 2.34. The molecule has 0 spiro atoms. The lowest BCUT2D eigenvalue weighted by atomic mass is 10.1. The van der Waals surface area contributed by atoms with E-state index in [4.69, 9.17) is 9.88 Å². The molecule has 0 aliphatic rings. The number of aliphatic hydroxyl groups excluding tert-OH is 1. The minimum atomic E-state index is -4.94. The number of amides is 1. The molecule has 0 saturated carbocycles. The minimum absolute atomic E-state index is 0.00155. The number of nitrogens with zero attached hydrogens (tertiary/aromatic N) is 1. The molecule has 0 aliphatic carbocycles. The van der Waals surface area contributed by atoms with Crippen molar-refractivity contribution in [2.45, 2.75) is 30.5 Å². The van der Waals surface area contributed by atoms with E-state index in [-0.39, 0.29) is 35.1 Å². The maximum Gasteiger partial charge on any atom is 0.419 e. The number of halogens is 4. The van der Waals surface area contributed by atoms with Crippen molar-refractivity contribution in [2.24, 2.45) is 12.2 Å². The molecule has 2 rings (SSSR count). The Morgan fingerprint density at radius 2 is 2.07 bits per heavy atom. The fourth-order valence-electron chi connectivity index (χ4n) is 2.46. The van der Waals surface area contributed by atoms with Crippen LogP contribution in [0, 0.1) is 5.82 Å². The highest BCUT2D eigenvalue weighted by molar-refractivity contribution is 7.82. The van der Waals surface area contributed by atoms with Gasteiger partial charge in [0, 0.05) is 25.4 Å². The molecule has 1 aromatic carbocycles. The van der Waals surface area contributed by atoms with Crippen LogP contribution in [0.2, 0.25) is 0 Å². The lowest BCUT2D eigenvalue weighted by molar-refractivity contribution is -0.139. The van der Waals surface area contributed by atoms with Gasteiger partial charge in [0.2, 0.25) is 0 Å². The van der Waals surface area contributed by atoms with E-state index in [2.05, 4.69) is 5.32 Å². The molecule has 2 unspecified atom stereocenters. The number of alkyl halides is 3. The second-order valence-electron chi connectivity index (χ2n) is 6.21. The summed E-state index contributed by atoms with van der Waals surface area (Å²) in [5.74, 6) is -2.47. The summed E-state index contributed by atoms with van der Waals surface area (Å²) in [6.07, 6.45) is -4.13. The molecule has 7 nitrogen and oxygen atoms in total. The Morgan fingerprint density at radius 1 is 1.41 bits per heavy atom. The number of carbonyl (C=O) groups excluding carboxylic acids is 1. The largest absolute Gasteiger partial charge is 0.490 e. The van der Waals surface area contributed by atoms with Gasteiger partial charge < -0.3 is 19.7 Å². The molecule has 2 aromatic rings. The summed E-state index contributed by atoms with van der Waals surface area (Å²) in [5, 5.41) is 17.0. The van der Waals surface area contributed by atoms with Gasteiger partial charge in [0.25, 0.3) is 5.91 Å². The minimum Gasteiger partial charge on any atom is -0.490 e. The second kappa shape index (κ2) is 8.93. The van der Waals surface area contributed by atoms with Crippen LogP contribution in [0.3, 0.4) is 0 Å². The van der Waals surface area contributed by atoms with Crippen LogP contribution in [-0.2, 0) is 24.2 Å². The number of nitrogens with one attached hydrogen (secondary N) is 1. The molecule has 0 saturated heterocycles. The molecule has 1 aromatic heterocycles. The first-order chi connectivity index (χ1) is 13.4. The van der Waals surface area contributed by atoms with Gasteiger partial charge >= 0.3 is 6.18 Å². The summed E-state index contributed by atoms with van der Waals surface area (Å²) >= 11 is 0. The molecule has 160 valence electrons. The van der Waals surface area contributed by atoms with Gasteiger partial charge in [0.15, 0.2) is 11.4 Å². The maximum absolute atomic E-state index is 13.4. The third-order valence-corrected chi connectivity index (χ3v) is 4.57. The molecule has 29 heavy (non-hydrogen) atoms. The zero-order valence-corrected chi connectivity index (χ0v) is 16.2. The number of aromatic nitrogens is 1. The molecular weight excluding hydrogens is 418 g/mol. The van der Waals surface area contributed by atoms with Gasteiger partial charge in [-0.25, -0.2) is 13.7 Å². The molecule has 4 N–H and O–H groups in total. The fraction of sp³-hybridized carbons (Fsp3) is 0.353. The summed E-state index contributed by atoms with van der Waals surface area (Å²) in [5.41, 5.74) is -1.98. The fourth-order valence-corrected chi connectivity index (χ4v) is 3.06. The van der Waals surface area contributed by atoms with Crippen molar-refractivity contribution in [1.82, 2.24) is 4.57 Å². The number of rotatable bonds is 7. The van der Waals surface area contributed by atoms with Crippen LogP contribution in [0.5, 0.6) is 5.75 Å². The smallest absolute Gasteiger partial charge is 0.419 e. The first-order valence-electron chi connectivity index (χ1n) is 8.26. The average Bonchev–Trinajstić information content (AvgIpc) is 2.92. The normalized spacial score (nSPS) is 13.8. The Balaban J connectivity index is 2.36. The van der Waals surface area contributed by atoms with Crippen LogP contribution in [0.1, 0.15) is 29.4 Å². The highest BCUT2D eigenvalue weighted by Crippen LogP contribution is 2.34. The van der Waals surface area contributed by atoms with E-state index in [1.807, 2.05) is 0 Å². The van der Waals surface area contributed by atoms with E-state index in [1.165, 1.54) is 24.7 Å². The average molecular weight is 437 g/mol. The van der Waals surface area contributed by atoms with Crippen molar-refractivity contribution in [1.29, 1.82) is 0 Å². The summed E-state index contributed by atoms with van der Waals surface area (Å²) in [6, 6.07) is 2.03. The van der Waals surface area contributed by atoms with Crippen molar-refractivity contribution >= 4 is 22.6 Å². The van der Waals surface area contributed by atoms with Crippen LogP contribution >= 0.6 is 0 Å². The number of ether oxygens (including phenoxy) is 1. The third-order valence-electron chi connectivity index (χ3n) is 3.85. The number of carbonyl (C=O) groups is 1. The third kappa shape index (κ3) is 5.55. The molecule has 0 radical (unpaired) electrons. The standard InChI is InChI=1S/C17H19F4N3O4S/c1-9(25)5-6-28-15-13(29(22)27)8-24(2)14(15)16(26)23-10-3-4-12(18)11(7-10)17(19,20)21/h3-4,7-9,25H,5-6,22H2,1-2H3,(H,23,26). The SMILES string of the molecule is CC(O)CCOc1c(S(N)=O)cn(C)c1C(=O)Nc1ccc(F)c(C(F)(F)F)c1. The Morgan fingerprint density at radius 3 is 2.62 bits per heavy atom. The first-order valence-corrected chi connectivity index (χ1v) is 9.47. The Labute approximate surface area is 166 Å². The monoisotopic (exact) mass is 437 g/mol. The quantitative estimate of drug-likeness (QED) is 0.579. The van der Waals surface area contributed by atoms with Crippen LogP contribution in [0.4, 0.5) is 23.2 Å². The number of hydrogen-bond acceptors (Lipinski definition) is 4. The zero-order valence-electron chi connectivity index (χ0n) is 15.4. The number of hydrogen-bond donors (Lipinski definition) is 3. The number of anilines is 1. The van der Waals surface area contributed by atoms with E-state index >= 15 is 0 Å². The van der Waals surface area contributed by atoms with Crippen molar-refractivity contribution in [3.8, 4) is 5.75 Å². The van der Waals surface area contributed by atoms with E-state index in [1.54, 1.807) is 0 Å². The van der Waals surface area contributed by atoms with Crippen LogP contribution in [0.15, 0.2) is 29.3 Å². The molecule has 0 aliphatic heterocycles. The number of aliphatic hydroxyl groups is 1. The summed E-state index contributed by atoms with van der Waals surface area (Å²) in [4.78, 5) is 12.7. The van der Waals surface area contributed by atoms with Gasteiger partial charge in [-0.3, -0.25) is 4.79 Å². The zero-order chi connectivity index (χ0) is 21.9. The van der Waals surface area contributed by atoms with Gasteiger partial charge in [-0.1, -0.05) is 0 Å². The summed E-state index contributed by atoms with van der Waals surface area (Å²) in [6.45, 7) is 1.50. The predicted octanol–water partition coefficient (Wildman–Crippen LogP) is 2.57. The predicted molar refractivity (Wildman–Crippen MR) is 97.2 cm³/mol. The van der Waals surface area contributed by atoms with Crippen LogP contribution < -0.4 is 15.2 Å². The van der Waals surface area contributed by atoms with E-state index in [0.29, 0.717) is 12.1 Å². The molecule has 2 atom stereocenters. The Hall–Kier alpha value is -2.44. The van der Waals surface area contributed by atoms with Crippen molar-refractivity contribution in [3.05, 3.63) is 41.5 Å². The van der Waals surface area contributed by atoms with E-state index < -0.39 is 40.6 Å².